The molecule has 2 aromatic carbocycles. The van der Waals surface area contributed by atoms with Crippen molar-refractivity contribution in [2.45, 2.75) is 6.18 Å². The molecule has 0 aliphatic heterocycles. The van der Waals surface area contributed by atoms with Crippen LogP contribution in [0.1, 0.15) is 11.1 Å². The van der Waals surface area contributed by atoms with Crippen LogP contribution in [-0.4, -0.2) is 24.6 Å². The molecule has 35 heavy (non-hydrogen) atoms. The molecule has 0 bridgehead atoms. The normalized spacial score (nSPS) is 11.9. The number of aromatic nitrogens is 4. The van der Waals surface area contributed by atoms with Gasteiger partial charge in [-0.2, -0.15) is 13.2 Å². The second-order valence-corrected chi connectivity index (χ2v) is 7.90. The number of anilines is 1. The number of hydrogen-bond donors (Lipinski definition) is 1. The number of rotatable bonds is 4. The maximum atomic E-state index is 12.9. The van der Waals surface area contributed by atoms with Crippen LogP contribution < -0.4 is 16.6 Å². The fourth-order valence-electron chi connectivity index (χ4n) is 3.69. The summed E-state index contributed by atoms with van der Waals surface area (Å²) in [6.07, 6.45) is -2.05. The summed E-state index contributed by atoms with van der Waals surface area (Å²) in [5, 5.41) is 2.66. The minimum atomic E-state index is -4.47. The average Bonchev–Trinajstić information content (AvgIpc) is 3.17. The zero-order valence-electron chi connectivity index (χ0n) is 18.9. The lowest BCUT2D eigenvalue weighted by Crippen LogP contribution is -2.37. The fraction of sp³-hybridized carbons (Fsp3) is 0.167. The lowest BCUT2D eigenvalue weighted by atomic mass is 10.1. The van der Waals surface area contributed by atoms with Crippen LogP contribution in [0, 0.1) is 0 Å². The number of nitrogens with one attached hydrogen (secondary N) is 1. The van der Waals surface area contributed by atoms with Gasteiger partial charge in [-0.05, 0) is 35.9 Å². The van der Waals surface area contributed by atoms with Crippen molar-refractivity contribution < 1.29 is 18.0 Å². The Morgan fingerprint density at radius 3 is 2.40 bits per heavy atom. The molecule has 0 fully saturated rings. The molecule has 180 valence electrons. The second kappa shape index (κ2) is 8.75. The van der Waals surface area contributed by atoms with E-state index in [0.717, 1.165) is 22.8 Å². The van der Waals surface area contributed by atoms with Crippen LogP contribution in [-0.2, 0) is 32.1 Å². The van der Waals surface area contributed by atoms with Crippen LogP contribution in [0.3, 0.4) is 0 Å². The van der Waals surface area contributed by atoms with Gasteiger partial charge >= 0.3 is 11.9 Å². The minimum Gasteiger partial charge on any atom is -0.322 e. The molecule has 4 aromatic rings. The lowest BCUT2D eigenvalue weighted by Gasteiger charge is -2.07. The van der Waals surface area contributed by atoms with Crippen molar-refractivity contribution in [3.63, 3.8) is 0 Å². The van der Waals surface area contributed by atoms with Crippen molar-refractivity contribution in [1.29, 1.82) is 0 Å². The minimum absolute atomic E-state index is 0.231. The van der Waals surface area contributed by atoms with Crippen LogP contribution in [0.25, 0.3) is 28.6 Å². The first-order valence-electron chi connectivity index (χ1n) is 10.4. The highest BCUT2D eigenvalue weighted by Gasteiger charge is 2.30. The van der Waals surface area contributed by atoms with Gasteiger partial charge in [0.05, 0.1) is 5.56 Å². The van der Waals surface area contributed by atoms with Gasteiger partial charge in [-0.25, -0.2) is 9.78 Å². The summed E-state index contributed by atoms with van der Waals surface area (Å²) in [7, 11) is 4.56. The van der Waals surface area contributed by atoms with Gasteiger partial charge in [0.2, 0.25) is 5.91 Å². The molecule has 2 heterocycles. The van der Waals surface area contributed by atoms with E-state index < -0.39 is 28.9 Å². The van der Waals surface area contributed by atoms with E-state index in [1.54, 1.807) is 35.9 Å². The van der Waals surface area contributed by atoms with Gasteiger partial charge in [0.15, 0.2) is 11.2 Å². The number of benzene rings is 2. The molecule has 0 aliphatic carbocycles. The Balaban J connectivity index is 1.61. The maximum absolute atomic E-state index is 12.9. The van der Waals surface area contributed by atoms with Gasteiger partial charge < -0.3 is 9.88 Å². The quantitative estimate of drug-likeness (QED) is 0.451. The van der Waals surface area contributed by atoms with E-state index in [9.17, 15) is 27.6 Å². The summed E-state index contributed by atoms with van der Waals surface area (Å²) in [6.45, 7) is 0. The lowest BCUT2D eigenvalue weighted by molar-refractivity contribution is -0.137. The molecule has 0 radical (unpaired) electrons. The van der Waals surface area contributed by atoms with Crippen LogP contribution in [0.2, 0.25) is 0 Å². The molecular weight excluding hydrogens is 463 g/mol. The Hall–Kier alpha value is -4.41. The number of carbonyl (C=O) groups is 1. The highest BCUT2D eigenvalue weighted by atomic mass is 19.4. The second-order valence-electron chi connectivity index (χ2n) is 7.90. The van der Waals surface area contributed by atoms with E-state index in [-0.39, 0.29) is 16.7 Å². The molecule has 0 saturated heterocycles. The molecule has 8 nitrogen and oxygen atoms in total. The first-order valence-corrected chi connectivity index (χ1v) is 10.4. The van der Waals surface area contributed by atoms with Crippen LogP contribution in [0.5, 0.6) is 0 Å². The van der Waals surface area contributed by atoms with Crippen molar-refractivity contribution in [2.75, 3.05) is 5.32 Å². The molecule has 11 heteroatoms. The molecule has 0 saturated carbocycles. The molecule has 4 rings (SSSR count). The first-order chi connectivity index (χ1) is 16.5. The summed E-state index contributed by atoms with van der Waals surface area (Å²) < 4.78 is 42.5. The molecule has 0 spiro atoms. The molecule has 1 N–H and O–H groups in total. The van der Waals surface area contributed by atoms with E-state index in [2.05, 4.69) is 10.3 Å². The predicted molar refractivity (Wildman–Crippen MR) is 126 cm³/mol. The van der Waals surface area contributed by atoms with Gasteiger partial charge in [0.1, 0.15) is 5.82 Å². The van der Waals surface area contributed by atoms with E-state index in [1.807, 2.05) is 0 Å². The number of hydrogen-bond acceptors (Lipinski definition) is 4. The molecule has 2 aromatic heterocycles. The summed E-state index contributed by atoms with van der Waals surface area (Å²) >= 11 is 0. The topological polar surface area (TPSA) is 90.9 Å². The number of amides is 1. The first kappa shape index (κ1) is 23.7. The highest BCUT2D eigenvalue weighted by Crippen LogP contribution is 2.30. The Morgan fingerprint density at radius 1 is 0.971 bits per heavy atom. The van der Waals surface area contributed by atoms with Crippen molar-refractivity contribution in [3.05, 3.63) is 86.6 Å². The number of nitrogens with zero attached hydrogens (tertiary/aromatic N) is 4. The van der Waals surface area contributed by atoms with Crippen molar-refractivity contribution >= 4 is 28.8 Å². The number of aryl methyl sites for hydroxylation is 2. The Morgan fingerprint density at radius 2 is 1.69 bits per heavy atom. The number of fused-ring (bicyclic) bond motifs is 1. The van der Waals surface area contributed by atoms with Gasteiger partial charge in [-0.3, -0.25) is 18.7 Å². The van der Waals surface area contributed by atoms with Crippen molar-refractivity contribution in [3.8, 4) is 11.4 Å². The molecule has 0 unspecified atom stereocenters. The molecule has 1 amide bonds. The third-order valence-corrected chi connectivity index (χ3v) is 5.50. The summed E-state index contributed by atoms with van der Waals surface area (Å²) in [5.74, 6) is -0.130. The Bertz CT molecular complexity index is 1610. The maximum Gasteiger partial charge on any atom is 0.416 e. The zero-order chi connectivity index (χ0) is 25.5. The SMILES string of the molecule is Cn1c(=O)c2c(nc(-c3cccc(NC(=O)/C=C/c4cccc(C(F)(F)F)c4)c3)n2C)n(C)c1=O. The largest absolute Gasteiger partial charge is 0.416 e. The average molecular weight is 483 g/mol. The van der Waals surface area contributed by atoms with Crippen LogP contribution in [0.15, 0.2) is 64.2 Å². The summed E-state index contributed by atoms with van der Waals surface area (Å²) in [5.41, 5.74) is -0.0718. The Labute approximate surface area is 196 Å². The smallest absolute Gasteiger partial charge is 0.322 e. The zero-order valence-corrected chi connectivity index (χ0v) is 18.9. The third-order valence-electron chi connectivity index (χ3n) is 5.50. The van der Waals surface area contributed by atoms with Gasteiger partial charge in [0, 0.05) is 38.5 Å². The van der Waals surface area contributed by atoms with Gasteiger partial charge in [-0.1, -0.05) is 24.3 Å². The van der Waals surface area contributed by atoms with Crippen molar-refractivity contribution in [1.82, 2.24) is 18.7 Å². The number of halogens is 3. The van der Waals surface area contributed by atoms with Crippen molar-refractivity contribution in [2.24, 2.45) is 21.1 Å². The summed E-state index contributed by atoms with van der Waals surface area (Å²) in [6, 6.07) is 11.3. The number of alkyl halides is 3. The number of carbonyl (C=O) groups excluding carboxylic acids is 1. The van der Waals surface area contributed by atoms with E-state index in [1.165, 1.54) is 36.9 Å². The predicted octanol–water partition coefficient (Wildman–Crippen LogP) is 3.31. The molecule has 0 atom stereocenters. The van der Waals surface area contributed by atoms with Crippen LogP contribution >= 0.6 is 0 Å². The highest BCUT2D eigenvalue weighted by molar-refractivity contribution is 6.02. The van der Waals surface area contributed by atoms with Gasteiger partial charge in [-0.15, -0.1) is 0 Å². The van der Waals surface area contributed by atoms with Gasteiger partial charge in [0.25, 0.3) is 5.56 Å². The monoisotopic (exact) mass is 483 g/mol. The van der Waals surface area contributed by atoms with E-state index >= 15 is 0 Å². The molecular formula is C24H20F3N5O3. The number of imidazole rings is 1. The Kier molecular flexibility index (Phi) is 5.93. The standard InChI is InChI=1S/C24H20F3N5O3/c1-30-19-21(31(2)23(35)32(3)22(19)34)29-20(30)15-7-5-9-17(13-15)28-18(33)11-10-14-6-4-8-16(12-14)24(25,26)27/h4-13H,1-3H3,(H,28,33)/b11-10+. The molecule has 0 aliphatic rings. The summed E-state index contributed by atoms with van der Waals surface area (Å²) in [4.78, 5) is 41.7. The van der Waals surface area contributed by atoms with Crippen LogP contribution in [0.4, 0.5) is 18.9 Å². The fourth-order valence-corrected chi connectivity index (χ4v) is 3.69. The third kappa shape index (κ3) is 4.52. The van der Waals surface area contributed by atoms with E-state index in [4.69, 9.17) is 0 Å². The van der Waals surface area contributed by atoms with E-state index in [0.29, 0.717) is 17.1 Å².